The van der Waals surface area contributed by atoms with Gasteiger partial charge in [0.05, 0.1) is 13.2 Å². The highest BCUT2D eigenvalue weighted by Crippen LogP contribution is 2.12. The fraction of sp³-hybridized carbons (Fsp3) is 0.643. The van der Waals surface area contributed by atoms with E-state index < -0.39 is 12.0 Å². The molecule has 7 heteroatoms. The molecule has 1 amide bonds. The molecule has 1 atom stereocenters. The van der Waals surface area contributed by atoms with Crippen LogP contribution in [-0.2, 0) is 23.9 Å². The van der Waals surface area contributed by atoms with Crippen molar-refractivity contribution in [3.63, 3.8) is 0 Å². The van der Waals surface area contributed by atoms with E-state index in [1.807, 2.05) is 0 Å². The highest BCUT2D eigenvalue weighted by Gasteiger charge is 2.16. The second kappa shape index (κ2) is 12.4. The first-order valence-corrected chi connectivity index (χ1v) is 7.92. The molecule has 21 heavy (non-hydrogen) atoms. The lowest BCUT2D eigenvalue weighted by atomic mass is 10.1. The molecule has 0 aliphatic carbocycles. The van der Waals surface area contributed by atoms with Gasteiger partial charge in [-0.3, -0.25) is 9.59 Å². The van der Waals surface area contributed by atoms with Gasteiger partial charge in [0.1, 0.15) is 6.04 Å². The van der Waals surface area contributed by atoms with Crippen LogP contribution in [0.3, 0.4) is 0 Å². The number of nitrogens with one attached hydrogen (secondary N) is 1. The van der Waals surface area contributed by atoms with Crippen LogP contribution in [0.1, 0.15) is 33.1 Å². The molecule has 0 aromatic carbocycles. The molecule has 0 bridgehead atoms. The smallest absolute Gasteiger partial charge is 0.332 e. The molecular formula is C14H22BrNO5. The Hall–Kier alpha value is -1.37. The Morgan fingerprint density at radius 2 is 2.00 bits per heavy atom. The van der Waals surface area contributed by atoms with Crippen LogP contribution >= 0.6 is 15.9 Å². The molecule has 0 fully saturated rings. The Labute approximate surface area is 133 Å². The first kappa shape index (κ1) is 19.6. The maximum absolute atomic E-state index is 11.7. The topological polar surface area (TPSA) is 81.7 Å². The van der Waals surface area contributed by atoms with Crippen molar-refractivity contribution in [3.05, 3.63) is 11.6 Å². The summed E-state index contributed by atoms with van der Waals surface area (Å²) in [5.74, 6) is -0.772. The van der Waals surface area contributed by atoms with Crippen LogP contribution in [0.4, 0.5) is 0 Å². The van der Waals surface area contributed by atoms with E-state index in [4.69, 9.17) is 9.47 Å². The quantitative estimate of drug-likeness (QED) is 0.199. The number of esters is 2. The third-order valence-corrected chi connectivity index (χ3v) is 3.28. The van der Waals surface area contributed by atoms with Gasteiger partial charge >= 0.3 is 11.9 Å². The molecule has 0 saturated carbocycles. The number of hydrogen-bond acceptors (Lipinski definition) is 5. The van der Waals surface area contributed by atoms with Crippen LogP contribution in [0.25, 0.3) is 0 Å². The molecule has 0 aliphatic heterocycles. The van der Waals surface area contributed by atoms with Crippen molar-refractivity contribution in [2.75, 3.05) is 18.5 Å². The maximum Gasteiger partial charge on any atom is 0.332 e. The van der Waals surface area contributed by atoms with Gasteiger partial charge < -0.3 is 14.8 Å². The summed E-state index contributed by atoms with van der Waals surface area (Å²) in [6.07, 6.45) is 4.47. The van der Waals surface area contributed by atoms with Gasteiger partial charge in [-0.15, -0.1) is 0 Å². The van der Waals surface area contributed by atoms with Crippen molar-refractivity contribution in [2.24, 2.45) is 0 Å². The lowest BCUT2D eigenvalue weighted by Crippen LogP contribution is -2.36. The number of carbonyl (C=O) groups excluding carboxylic acids is 3. The zero-order valence-electron chi connectivity index (χ0n) is 12.4. The standard InChI is InChI=1S/C14H22BrNO5/c1-3-20-14(19)13(16-10-17)8-12(9-15)6-4-5-7-21-11(2)18/h8,10,13H,3-7,9H2,1-2H3,(H,16,17). The number of halogens is 1. The molecule has 0 radical (unpaired) electrons. The third kappa shape index (κ3) is 10.1. The Morgan fingerprint density at radius 1 is 1.29 bits per heavy atom. The summed E-state index contributed by atoms with van der Waals surface area (Å²) in [7, 11) is 0. The summed E-state index contributed by atoms with van der Waals surface area (Å²) in [4.78, 5) is 32.8. The van der Waals surface area contributed by atoms with E-state index in [-0.39, 0.29) is 12.6 Å². The predicted octanol–water partition coefficient (Wildman–Crippen LogP) is 1.72. The number of carbonyl (C=O) groups is 3. The first-order chi connectivity index (χ1) is 10.0. The molecule has 0 aromatic rings. The predicted molar refractivity (Wildman–Crippen MR) is 82.0 cm³/mol. The van der Waals surface area contributed by atoms with E-state index in [0.29, 0.717) is 18.3 Å². The van der Waals surface area contributed by atoms with Crippen LogP contribution in [0.5, 0.6) is 0 Å². The van der Waals surface area contributed by atoms with Crippen molar-refractivity contribution in [3.8, 4) is 0 Å². The van der Waals surface area contributed by atoms with E-state index in [9.17, 15) is 14.4 Å². The number of unbranched alkanes of at least 4 members (excludes halogenated alkanes) is 1. The van der Waals surface area contributed by atoms with Crippen molar-refractivity contribution in [2.45, 2.75) is 39.2 Å². The lowest BCUT2D eigenvalue weighted by molar-refractivity contribution is -0.145. The summed E-state index contributed by atoms with van der Waals surface area (Å²) in [6, 6.07) is -0.775. The Bertz CT molecular complexity index is 370. The normalized spacial score (nSPS) is 12.4. The van der Waals surface area contributed by atoms with Gasteiger partial charge in [0.2, 0.25) is 6.41 Å². The molecule has 1 N–H and O–H groups in total. The second-order valence-corrected chi connectivity index (χ2v) is 4.83. The summed E-state index contributed by atoms with van der Waals surface area (Å²) in [6.45, 7) is 3.73. The van der Waals surface area contributed by atoms with E-state index in [2.05, 4.69) is 21.2 Å². The minimum absolute atomic E-state index is 0.260. The average Bonchev–Trinajstić information content (AvgIpc) is 2.44. The number of rotatable bonds is 11. The third-order valence-electron chi connectivity index (χ3n) is 2.56. The molecule has 0 saturated heterocycles. The summed E-state index contributed by atoms with van der Waals surface area (Å²) in [5, 5.41) is 3.02. The average molecular weight is 364 g/mol. The minimum Gasteiger partial charge on any atom is -0.466 e. The van der Waals surface area contributed by atoms with Gasteiger partial charge in [0, 0.05) is 12.3 Å². The van der Waals surface area contributed by atoms with Crippen molar-refractivity contribution >= 4 is 34.3 Å². The van der Waals surface area contributed by atoms with Gasteiger partial charge in [0.25, 0.3) is 0 Å². The zero-order chi connectivity index (χ0) is 16.1. The van der Waals surface area contributed by atoms with Crippen molar-refractivity contribution in [1.29, 1.82) is 0 Å². The molecule has 0 heterocycles. The van der Waals surface area contributed by atoms with Crippen LogP contribution in [0.15, 0.2) is 11.6 Å². The zero-order valence-corrected chi connectivity index (χ0v) is 14.0. The largest absolute Gasteiger partial charge is 0.466 e. The summed E-state index contributed by atoms with van der Waals surface area (Å²) >= 11 is 3.35. The molecule has 0 spiro atoms. The molecule has 0 aromatic heterocycles. The second-order valence-electron chi connectivity index (χ2n) is 4.27. The fourth-order valence-corrected chi connectivity index (χ4v) is 2.06. The van der Waals surface area contributed by atoms with Crippen molar-refractivity contribution < 1.29 is 23.9 Å². The molecule has 6 nitrogen and oxygen atoms in total. The van der Waals surface area contributed by atoms with Crippen LogP contribution in [0, 0.1) is 0 Å². The highest BCUT2D eigenvalue weighted by atomic mass is 79.9. The van der Waals surface area contributed by atoms with E-state index >= 15 is 0 Å². The van der Waals surface area contributed by atoms with Gasteiger partial charge in [-0.25, -0.2) is 4.79 Å². The monoisotopic (exact) mass is 363 g/mol. The number of amides is 1. The molecular weight excluding hydrogens is 342 g/mol. The van der Waals surface area contributed by atoms with Crippen LogP contribution in [-0.4, -0.2) is 42.9 Å². The minimum atomic E-state index is -0.775. The molecule has 0 rings (SSSR count). The van der Waals surface area contributed by atoms with E-state index in [0.717, 1.165) is 24.8 Å². The van der Waals surface area contributed by atoms with Gasteiger partial charge in [-0.2, -0.15) is 0 Å². The van der Waals surface area contributed by atoms with Crippen LogP contribution < -0.4 is 5.32 Å². The summed E-state index contributed by atoms with van der Waals surface area (Å²) < 4.78 is 9.74. The lowest BCUT2D eigenvalue weighted by Gasteiger charge is -2.13. The first-order valence-electron chi connectivity index (χ1n) is 6.80. The highest BCUT2D eigenvalue weighted by molar-refractivity contribution is 9.09. The number of ether oxygens (including phenoxy) is 2. The van der Waals surface area contributed by atoms with Gasteiger partial charge in [-0.1, -0.05) is 27.6 Å². The molecule has 120 valence electrons. The fourth-order valence-electron chi connectivity index (χ4n) is 1.59. The molecule has 0 aliphatic rings. The SMILES string of the molecule is CCOC(=O)C(C=C(CBr)CCCCOC(C)=O)NC=O. The van der Waals surface area contributed by atoms with Gasteiger partial charge in [0.15, 0.2) is 0 Å². The Balaban J connectivity index is 4.39. The molecule has 1 unspecified atom stereocenters. The number of alkyl halides is 1. The van der Waals surface area contributed by atoms with E-state index in [1.54, 1.807) is 13.0 Å². The van der Waals surface area contributed by atoms with Crippen LogP contribution in [0.2, 0.25) is 0 Å². The Kier molecular flexibility index (Phi) is 11.6. The summed E-state index contributed by atoms with van der Waals surface area (Å²) in [5.41, 5.74) is 0.977. The van der Waals surface area contributed by atoms with Crippen molar-refractivity contribution in [1.82, 2.24) is 5.32 Å². The number of hydrogen-bond donors (Lipinski definition) is 1. The Morgan fingerprint density at radius 3 is 2.52 bits per heavy atom. The van der Waals surface area contributed by atoms with E-state index in [1.165, 1.54) is 6.92 Å². The maximum atomic E-state index is 11.7. The number of allylic oxidation sites excluding steroid dienone is 1. The van der Waals surface area contributed by atoms with Gasteiger partial charge in [-0.05, 0) is 26.2 Å².